The van der Waals surface area contributed by atoms with Gasteiger partial charge in [-0.05, 0) is 22.0 Å². The minimum Gasteiger partial charge on any atom is -0.391 e. The number of aliphatic hydroxyl groups is 1. The van der Waals surface area contributed by atoms with Crippen LogP contribution in [-0.4, -0.2) is 33.6 Å². The van der Waals surface area contributed by atoms with Crippen molar-refractivity contribution < 1.29 is 14.8 Å². The van der Waals surface area contributed by atoms with Crippen LogP contribution in [0.1, 0.15) is 6.42 Å². The zero-order chi connectivity index (χ0) is 11.7. The number of anilines is 1. The highest BCUT2D eigenvalue weighted by Crippen LogP contribution is 2.28. The van der Waals surface area contributed by atoms with Crippen molar-refractivity contribution in [2.24, 2.45) is 0 Å². The number of pyridine rings is 1. The van der Waals surface area contributed by atoms with Gasteiger partial charge in [-0.2, -0.15) is 0 Å². The number of hydrogen-bond donors (Lipinski definition) is 1. The fourth-order valence-corrected chi connectivity index (χ4v) is 1.66. The number of nitrogens with zero attached hydrogens (tertiary/aromatic N) is 3. The van der Waals surface area contributed by atoms with E-state index in [1.54, 1.807) is 0 Å². The maximum absolute atomic E-state index is 11.5. The number of nitro groups is 1. The van der Waals surface area contributed by atoms with Crippen LogP contribution in [0.4, 0.5) is 11.5 Å². The van der Waals surface area contributed by atoms with Crippen molar-refractivity contribution in [3.63, 3.8) is 0 Å². The second kappa shape index (κ2) is 3.86. The second-order valence-electron chi connectivity index (χ2n) is 3.47. The van der Waals surface area contributed by atoms with Crippen LogP contribution in [0.5, 0.6) is 0 Å². The van der Waals surface area contributed by atoms with Crippen LogP contribution < -0.4 is 4.90 Å². The molecule has 1 N–H and O–H groups in total. The molecular weight excluding hydrogens is 214 g/mol. The molecule has 1 atom stereocenters. The molecular formula is C9H9N3O4. The second-order valence-corrected chi connectivity index (χ2v) is 3.47. The highest BCUT2D eigenvalue weighted by atomic mass is 16.6. The van der Waals surface area contributed by atoms with Gasteiger partial charge in [-0.15, -0.1) is 0 Å². The van der Waals surface area contributed by atoms with Gasteiger partial charge in [-0.1, -0.05) is 0 Å². The summed E-state index contributed by atoms with van der Waals surface area (Å²) in [5, 5.41) is 20.0. The highest BCUT2D eigenvalue weighted by molar-refractivity contribution is 5.97. The van der Waals surface area contributed by atoms with E-state index in [1.165, 1.54) is 23.2 Å². The lowest BCUT2D eigenvalue weighted by Crippen LogP contribution is -2.26. The maximum atomic E-state index is 11.5. The number of carbonyl (C=O) groups excluding carboxylic acids is 1. The van der Waals surface area contributed by atoms with Crippen LogP contribution in [0.25, 0.3) is 0 Å². The Bertz CT molecular complexity index is 448. The first-order chi connectivity index (χ1) is 7.59. The summed E-state index contributed by atoms with van der Waals surface area (Å²) in [6.45, 7) is 0.0748. The third kappa shape index (κ3) is 1.72. The molecule has 0 radical (unpaired) electrons. The molecule has 0 spiro atoms. The van der Waals surface area contributed by atoms with E-state index in [4.69, 9.17) is 0 Å². The summed E-state index contributed by atoms with van der Waals surface area (Å²) >= 11 is 0. The van der Waals surface area contributed by atoms with Crippen molar-refractivity contribution in [3.05, 3.63) is 28.4 Å². The molecule has 1 aromatic rings. The average Bonchev–Trinajstić information content (AvgIpc) is 2.57. The van der Waals surface area contributed by atoms with Crippen LogP contribution in [0, 0.1) is 10.1 Å². The summed E-state index contributed by atoms with van der Waals surface area (Å²) in [5.41, 5.74) is 0.133. The summed E-state index contributed by atoms with van der Waals surface area (Å²) in [5.74, 6) is -0.700. The molecule has 0 saturated carbocycles. The van der Waals surface area contributed by atoms with Crippen LogP contribution in [0.15, 0.2) is 18.3 Å². The third-order valence-electron chi connectivity index (χ3n) is 2.33. The van der Waals surface area contributed by atoms with Crippen LogP contribution in [0.3, 0.4) is 0 Å². The van der Waals surface area contributed by atoms with E-state index in [-0.39, 0.29) is 30.4 Å². The van der Waals surface area contributed by atoms with Crippen molar-refractivity contribution in [3.8, 4) is 0 Å². The number of amides is 1. The molecule has 0 aliphatic carbocycles. The van der Waals surface area contributed by atoms with Crippen molar-refractivity contribution >= 4 is 17.4 Å². The zero-order valence-corrected chi connectivity index (χ0v) is 8.24. The summed E-state index contributed by atoms with van der Waals surface area (Å²) in [6, 6.07) is 2.96. The molecule has 0 aromatic carbocycles. The van der Waals surface area contributed by atoms with Gasteiger partial charge < -0.3 is 20.1 Å². The van der Waals surface area contributed by atoms with Crippen molar-refractivity contribution in [2.45, 2.75) is 12.5 Å². The SMILES string of the molecule is O=C1CC(O)CN1c1cccnc1[N+](=O)[O-]. The van der Waals surface area contributed by atoms with Crippen LogP contribution in [0.2, 0.25) is 0 Å². The summed E-state index contributed by atoms with van der Waals surface area (Å²) in [7, 11) is 0. The predicted molar refractivity (Wildman–Crippen MR) is 53.9 cm³/mol. The molecule has 2 rings (SSSR count). The number of rotatable bonds is 2. The molecule has 1 amide bonds. The lowest BCUT2D eigenvalue weighted by atomic mass is 10.3. The smallest absolute Gasteiger partial charge is 0.387 e. The fourth-order valence-electron chi connectivity index (χ4n) is 1.66. The summed E-state index contributed by atoms with van der Waals surface area (Å²) < 4.78 is 0. The van der Waals surface area contributed by atoms with Gasteiger partial charge in [0.2, 0.25) is 5.91 Å². The minimum atomic E-state index is -0.771. The average molecular weight is 223 g/mol. The number of aromatic nitrogens is 1. The van der Waals surface area contributed by atoms with E-state index >= 15 is 0 Å². The third-order valence-corrected chi connectivity index (χ3v) is 2.33. The Hall–Kier alpha value is -2.02. The quantitative estimate of drug-likeness (QED) is 0.566. The molecule has 1 aliphatic rings. The normalized spacial score (nSPS) is 20.2. The van der Waals surface area contributed by atoms with Gasteiger partial charge in [-0.3, -0.25) is 4.79 Å². The van der Waals surface area contributed by atoms with E-state index < -0.39 is 11.0 Å². The Morgan fingerprint density at radius 2 is 2.38 bits per heavy atom. The topological polar surface area (TPSA) is 96.6 Å². The lowest BCUT2D eigenvalue weighted by Gasteiger charge is -2.14. The molecule has 7 heteroatoms. The number of hydrogen-bond acceptors (Lipinski definition) is 5. The minimum absolute atomic E-state index is 0.00789. The molecule has 1 saturated heterocycles. The zero-order valence-electron chi connectivity index (χ0n) is 8.24. The van der Waals surface area contributed by atoms with Gasteiger partial charge in [0, 0.05) is 0 Å². The monoisotopic (exact) mass is 223 g/mol. The van der Waals surface area contributed by atoms with Crippen LogP contribution in [-0.2, 0) is 4.79 Å². The Kier molecular flexibility index (Phi) is 2.53. The van der Waals surface area contributed by atoms with Crippen molar-refractivity contribution in [1.82, 2.24) is 4.98 Å². The van der Waals surface area contributed by atoms with Gasteiger partial charge in [0.05, 0.1) is 19.1 Å². The van der Waals surface area contributed by atoms with E-state index in [1.807, 2.05) is 0 Å². The number of aliphatic hydroxyl groups excluding tert-OH is 1. The first kappa shape index (κ1) is 10.5. The van der Waals surface area contributed by atoms with E-state index in [2.05, 4.69) is 4.98 Å². The Labute approximate surface area is 90.5 Å². The molecule has 16 heavy (non-hydrogen) atoms. The maximum Gasteiger partial charge on any atom is 0.387 e. The Balaban J connectivity index is 2.40. The van der Waals surface area contributed by atoms with Gasteiger partial charge in [0.25, 0.3) is 0 Å². The van der Waals surface area contributed by atoms with E-state index in [0.29, 0.717) is 0 Å². The van der Waals surface area contributed by atoms with Gasteiger partial charge in [0.15, 0.2) is 0 Å². The summed E-state index contributed by atoms with van der Waals surface area (Å²) in [4.78, 5) is 26.3. The van der Waals surface area contributed by atoms with E-state index in [0.717, 1.165) is 0 Å². The lowest BCUT2D eigenvalue weighted by molar-refractivity contribution is -0.388. The molecule has 7 nitrogen and oxygen atoms in total. The highest BCUT2D eigenvalue weighted by Gasteiger charge is 2.33. The van der Waals surface area contributed by atoms with Gasteiger partial charge >= 0.3 is 5.82 Å². The van der Waals surface area contributed by atoms with Gasteiger partial charge in [0.1, 0.15) is 11.9 Å². The van der Waals surface area contributed by atoms with Gasteiger partial charge in [-0.25, -0.2) is 0 Å². The molecule has 0 bridgehead atoms. The van der Waals surface area contributed by atoms with Crippen LogP contribution >= 0.6 is 0 Å². The number of carbonyl (C=O) groups is 1. The molecule has 1 aliphatic heterocycles. The summed E-state index contributed by atoms with van der Waals surface area (Å²) in [6.07, 6.45) is 0.511. The van der Waals surface area contributed by atoms with E-state index in [9.17, 15) is 20.0 Å². The Morgan fingerprint density at radius 1 is 1.62 bits per heavy atom. The first-order valence-corrected chi connectivity index (χ1v) is 4.67. The first-order valence-electron chi connectivity index (χ1n) is 4.67. The van der Waals surface area contributed by atoms with Crippen molar-refractivity contribution in [2.75, 3.05) is 11.4 Å². The standard InChI is InChI=1S/C9H9N3O4/c13-6-4-8(14)11(5-6)7-2-1-3-10-9(7)12(15)16/h1-3,6,13H,4-5H2. The Morgan fingerprint density at radius 3 is 2.94 bits per heavy atom. The molecule has 2 heterocycles. The molecule has 84 valence electrons. The predicted octanol–water partition coefficient (Wildman–Crippen LogP) is 0.0874. The molecule has 1 unspecified atom stereocenters. The van der Waals surface area contributed by atoms with Crippen molar-refractivity contribution in [1.29, 1.82) is 0 Å². The number of β-amino-alcohol motifs (C(OH)–C–C–N with tert-alkyl or cyclic N) is 1. The molecule has 1 fully saturated rings. The fraction of sp³-hybridized carbons (Fsp3) is 0.333. The molecule has 1 aromatic heterocycles. The largest absolute Gasteiger partial charge is 0.391 e.